The zero-order valence-electron chi connectivity index (χ0n) is 23.5. The van der Waals surface area contributed by atoms with Crippen LogP contribution in [0, 0.1) is 11.2 Å². The lowest BCUT2D eigenvalue weighted by Crippen LogP contribution is -2.51. The summed E-state index contributed by atoms with van der Waals surface area (Å²) in [6.45, 7) is 0. The zero-order chi connectivity index (χ0) is 31.0. The predicted octanol–water partition coefficient (Wildman–Crippen LogP) is 5.13. The van der Waals surface area contributed by atoms with E-state index in [2.05, 4.69) is 26.0 Å². The van der Waals surface area contributed by atoms with Gasteiger partial charge in [0.2, 0.25) is 10.9 Å². The van der Waals surface area contributed by atoms with Gasteiger partial charge in [-0.25, -0.2) is 27.6 Å². The van der Waals surface area contributed by atoms with Gasteiger partial charge in [0, 0.05) is 19.1 Å². The van der Waals surface area contributed by atoms with E-state index < -0.39 is 32.0 Å². The Morgan fingerprint density at radius 2 is 1.89 bits per heavy atom. The average Bonchev–Trinajstić information content (AvgIpc) is 3.34. The molecule has 3 aromatic heterocycles. The molecule has 0 saturated heterocycles. The molecule has 3 heterocycles. The highest BCUT2D eigenvalue weighted by atomic mass is 32.2. The van der Waals surface area contributed by atoms with Crippen LogP contribution in [0.1, 0.15) is 58.0 Å². The summed E-state index contributed by atoms with van der Waals surface area (Å²) in [5.74, 6) is 3.18. The molecule has 7 rings (SSSR count). The molecular formula is C29H27F4N7O2S2. The second-order valence-electron chi connectivity index (χ2n) is 11.6. The quantitative estimate of drug-likeness (QED) is 0.157. The van der Waals surface area contributed by atoms with Crippen LogP contribution in [0.25, 0.3) is 11.8 Å². The van der Waals surface area contributed by atoms with E-state index in [1.165, 1.54) is 23.1 Å². The number of thiazole rings is 1. The van der Waals surface area contributed by atoms with Crippen molar-refractivity contribution in [2.24, 2.45) is 12.5 Å². The molecule has 15 heteroatoms. The Hall–Kier alpha value is -3.69. The molecule has 2 fully saturated rings. The number of rotatable bonds is 7. The lowest BCUT2D eigenvalue weighted by atomic mass is 9.61. The molecule has 44 heavy (non-hydrogen) atoms. The standard InChI is InChI=1S/C29H27F4N7O2S2/c1-38-16-35-27(37-38)44(2,42)40(21-9-10-21)22-6-3-18-11-23-17(14-36-39(23)20-7-4-19(30)5-8-20)12-28(18,13-22)25(41)26-34-15-24(43-26)29(31,32)33/h4-5,7-8,11,14-16,21-22H,2-3,6,9-10,12-13H2,1H3/t22-,28-,44?/m0/s1. The molecule has 0 spiro atoms. The molecule has 0 bridgehead atoms. The zero-order valence-corrected chi connectivity index (χ0v) is 25.1. The SMILES string of the molecule is C=S(=O)(c1ncn(C)n1)N(C1CC1)[C@H]1CCC2=Cc3c(cnn3-c3ccc(F)cc3)C[C@]2(C(=O)c2ncc(C(F)(F)F)s2)C1. The van der Waals surface area contributed by atoms with Crippen molar-refractivity contribution in [1.29, 1.82) is 0 Å². The number of benzene rings is 1. The molecule has 4 aromatic rings. The summed E-state index contributed by atoms with van der Waals surface area (Å²) in [6.07, 6.45) is 3.99. The van der Waals surface area contributed by atoms with E-state index in [4.69, 9.17) is 0 Å². The van der Waals surface area contributed by atoms with Crippen LogP contribution < -0.4 is 0 Å². The first kappa shape index (κ1) is 29.0. The van der Waals surface area contributed by atoms with E-state index in [1.807, 2.05) is 10.4 Å². The fourth-order valence-corrected chi connectivity index (χ4v) is 9.31. The van der Waals surface area contributed by atoms with Crippen LogP contribution in [0.4, 0.5) is 17.6 Å². The molecule has 1 unspecified atom stereocenters. The number of aryl methyl sites for hydroxylation is 1. The topological polar surface area (TPSA) is 98.8 Å². The maximum absolute atomic E-state index is 14.4. The van der Waals surface area contributed by atoms with E-state index in [1.54, 1.807) is 30.1 Å². The third kappa shape index (κ3) is 4.81. The Labute approximate surface area is 254 Å². The number of Topliss-reactive ketones (excluding diaryl/α,β-unsaturated/α-hetero) is 1. The summed E-state index contributed by atoms with van der Waals surface area (Å²) in [5, 5.41) is 8.68. The van der Waals surface area contributed by atoms with Crippen LogP contribution >= 0.6 is 11.3 Å². The Morgan fingerprint density at radius 3 is 2.52 bits per heavy atom. The predicted molar refractivity (Wildman–Crippen MR) is 156 cm³/mol. The lowest BCUT2D eigenvalue weighted by Gasteiger charge is -2.47. The molecule has 3 aliphatic carbocycles. The number of fused-ring (bicyclic) bond motifs is 2. The van der Waals surface area contributed by atoms with E-state index >= 15 is 0 Å². The molecule has 3 aliphatic rings. The first-order valence-corrected chi connectivity index (χ1v) is 16.5. The van der Waals surface area contributed by atoms with Crippen molar-refractivity contribution in [3.63, 3.8) is 0 Å². The fourth-order valence-electron chi connectivity index (χ4n) is 6.47. The maximum Gasteiger partial charge on any atom is 0.427 e. The average molecular weight is 646 g/mol. The molecule has 0 radical (unpaired) electrons. The first-order chi connectivity index (χ1) is 20.9. The van der Waals surface area contributed by atoms with Crippen LogP contribution in [-0.4, -0.2) is 61.8 Å². The summed E-state index contributed by atoms with van der Waals surface area (Å²) < 4.78 is 73.5. The van der Waals surface area contributed by atoms with E-state index in [-0.39, 0.29) is 40.9 Å². The van der Waals surface area contributed by atoms with Gasteiger partial charge in [0.25, 0.3) is 0 Å². The number of carbonyl (C=O) groups excluding carboxylic acids is 1. The number of allylic oxidation sites excluding steroid dienone is 1. The molecule has 9 nitrogen and oxygen atoms in total. The van der Waals surface area contributed by atoms with Gasteiger partial charge < -0.3 is 0 Å². The van der Waals surface area contributed by atoms with Gasteiger partial charge in [-0.15, -0.1) is 16.4 Å². The van der Waals surface area contributed by atoms with E-state index in [0.29, 0.717) is 36.1 Å². The fraction of sp³-hybridized carbons (Fsp3) is 0.379. The minimum Gasteiger partial charge on any atom is -0.290 e. The van der Waals surface area contributed by atoms with Crippen LogP contribution in [0.15, 0.2) is 53.7 Å². The molecule has 0 amide bonds. The number of aromatic nitrogens is 6. The van der Waals surface area contributed by atoms with Crippen molar-refractivity contribution >= 4 is 38.8 Å². The smallest absolute Gasteiger partial charge is 0.290 e. The van der Waals surface area contributed by atoms with Gasteiger partial charge in [0.05, 0.1) is 38.9 Å². The summed E-state index contributed by atoms with van der Waals surface area (Å²) in [4.78, 5) is 21.7. The van der Waals surface area contributed by atoms with Crippen molar-refractivity contribution in [3.8, 4) is 5.69 Å². The van der Waals surface area contributed by atoms with Crippen molar-refractivity contribution in [3.05, 3.63) is 75.5 Å². The Morgan fingerprint density at radius 1 is 1.14 bits per heavy atom. The normalized spacial score (nSPS) is 23.1. The lowest BCUT2D eigenvalue weighted by molar-refractivity contribution is -0.134. The van der Waals surface area contributed by atoms with Gasteiger partial charge in [-0.05, 0) is 80.3 Å². The highest BCUT2D eigenvalue weighted by molar-refractivity contribution is 7.98. The summed E-state index contributed by atoms with van der Waals surface area (Å²) in [5.41, 5.74) is 1.58. The van der Waals surface area contributed by atoms with E-state index in [9.17, 15) is 26.6 Å². The van der Waals surface area contributed by atoms with Crippen molar-refractivity contribution in [2.75, 3.05) is 0 Å². The van der Waals surface area contributed by atoms with Gasteiger partial charge in [-0.1, -0.05) is 5.57 Å². The number of hydrogen-bond donors (Lipinski definition) is 0. The third-order valence-corrected chi connectivity index (χ3v) is 11.7. The molecule has 0 N–H and O–H groups in total. The van der Waals surface area contributed by atoms with Gasteiger partial charge in [-0.3, -0.25) is 9.48 Å². The molecule has 2 saturated carbocycles. The second kappa shape index (κ2) is 10.2. The van der Waals surface area contributed by atoms with Gasteiger partial charge in [0.1, 0.15) is 17.0 Å². The Bertz CT molecular complexity index is 1910. The van der Waals surface area contributed by atoms with Crippen molar-refractivity contribution < 1.29 is 26.6 Å². The van der Waals surface area contributed by atoms with Crippen LogP contribution in [0.5, 0.6) is 0 Å². The largest absolute Gasteiger partial charge is 0.427 e. The monoisotopic (exact) mass is 645 g/mol. The molecule has 3 atom stereocenters. The third-order valence-electron chi connectivity index (χ3n) is 8.59. The highest BCUT2D eigenvalue weighted by Gasteiger charge is 2.53. The second-order valence-corrected chi connectivity index (χ2v) is 14.7. The molecule has 0 aliphatic heterocycles. The Kier molecular flexibility index (Phi) is 6.71. The van der Waals surface area contributed by atoms with Gasteiger partial charge >= 0.3 is 6.18 Å². The summed E-state index contributed by atoms with van der Waals surface area (Å²) >= 11 is 0.336. The van der Waals surface area contributed by atoms with E-state index in [0.717, 1.165) is 29.7 Å². The Balaban J connectivity index is 1.32. The minimum absolute atomic E-state index is 0.0384. The molecule has 1 aromatic carbocycles. The van der Waals surface area contributed by atoms with Crippen LogP contribution in [0.3, 0.4) is 0 Å². The number of carbonyl (C=O) groups is 1. The van der Waals surface area contributed by atoms with Gasteiger partial charge in [-0.2, -0.15) is 18.3 Å². The van der Waals surface area contributed by atoms with Crippen LogP contribution in [-0.2, 0) is 29.4 Å². The van der Waals surface area contributed by atoms with Crippen LogP contribution in [0.2, 0.25) is 0 Å². The highest BCUT2D eigenvalue weighted by Crippen LogP contribution is 2.53. The van der Waals surface area contributed by atoms with Gasteiger partial charge in [0.15, 0.2) is 5.01 Å². The number of halogens is 4. The van der Waals surface area contributed by atoms with Crippen molar-refractivity contribution in [2.45, 2.75) is 61.9 Å². The van der Waals surface area contributed by atoms with Crippen molar-refractivity contribution in [1.82, 2.24) is 33.8 Å². The minimum atomic E-state index is -4.63. The first-order valence-electron chi connectivity index (χ1n) is 14.0. The summed E-state index contributed by atoms with van der Waals surface area (Å²) in [7, 11) is -1.46. The maximum atomic E-state index is 14.4. The number of hydrogen-bond acceptors (Lipinski definition) is 7. The summed E-state index contributed by atoms with van der Waals surface area (Å²) in [6, 6.07) is 5.44. The molecule has 230 valence electrons. The number of ketones is 1. The number of nitrogens with zero attached hydrogens (tertiary/aromatic N) is 7. The number of alkyl halides is 3. The molecular weight excluding hydrogens is 618 g/mol.